The summed E-state index contributed by atoms with van der Waals surface area (Å²) in [6, 6.07) is 11.9. The maximum atomic E-state index is 12.3. The van der Waals surface area contributed by atoms with Gasteiger partial charge in [-0.3, -0.25) is 9.59 Å². The second-order valence-corrected chi connectivity index (χ2v) is 5.65. The van der Waals surface area contributed by atoms with E-state index in [1.54, 1.807) is 41.3 Å². The molecular formula is C18H15N3O5. The molecular weight excluding hydrogens is 338 g/mol. The van der Waals surface area contributed by atoms with Crippen LogP contribution in [0.1, 0.15) is 10.5 Å². The molecule has 2 amide bonds. The molecule has 2 aromatic heterocycles. The molecule has 0 radical (unpaired) electrons. The zero-order chi connectivity index (χ0) is 17.9. The summed E-state index contributed by atoms with van der Waals surface area (Å²) in [6.07, 6.45) is 1.51. The SMILES string of the molecule is O=C(Nc1ccc(N2CCOCC2=O)cc1)c1cc(-c2ccco2)on1. The van der Waals surface area contributed by atoms with Gasteiger partial charge in [0.25, 0.3) is 11.8 Å². The summed E-state index contributed by atoms with van der Waals surface area (Å²) in [4.78, 5) is 25.8. The molecule has 8 nitrogen and oxygen atoms in total. The summed E-state index contributed by atoms with van der Waals surface area (Å²) in [5.74, 6) is 0.389. The molecule has 1 fully saturated rings. The highest BCUT2D eigenvalue weighted by atomic mass is 16.5. The molecule has 0 bridgehead atoms. The average Bonchev–Trinajstić information content (AvgIpc) is 3.34. The normalized spacial score (nSPS) is 14.5. The van der Waals surface area contributed by atoms with Gasteiger partial charge in [-0.05, 0) is 36.4 Å². The van der Waals surface area contributed by atoms with Crippen molar-refractivity contribution in [2.24, 2.45) is 0 Å². The van der Waals surface area contributed by atoms with Crippen LogP contribution in [0.3, 0.4) is 0 Å². The molecule has 1 aliphatic heterocycles. The van der Waals surface area contributed by atoms with Gasteiger partial charge in [0.2, 0.25) is 5.76 Å². The Balaban J connectivity index is 1.44. The second kappa shape index (κ2) is 6.85. The number of amides is 2. The Hall–Kier alpha value is -3.39. The molecule has 26 heavy (non-hydrogen) atoms. The van der Waals surface area contributed by atoms with Gasteiger partial charge in [-0.15, -0.1) is 0 Å². The first-order valence-electron chi connectivity index (χ1n) is 8.01. The molecule has 132 valence electrons. The summed E-state index contributed by atoms with van der Waals surface area (Å²) < 4.78 is 15.4. The molecule has 3 heterocycles. The minimum absolute atomic E-state index is 0.0823. The molecule has 0 saturated carbocycles. The van der Waals surface area contributed by atoms with E-state index in [4.69, 9.17) is 13.7 Å². The lowest BCUT2D eigenvalue weighted by atomic mass is 10.2. The molecule has 0 aliphatic carbocycles. The van der Waals surface area contributed by atoms with Crippen molar-refractivity contribution in [1.29, 1.82) is 0 Å². The first-order chi connectivity index (χ1) is 12.7. The van der Waals surface area contributed by atoms with Gasteiger partial charge in [-0.1, -0.05) is 5.16 Å². The molecule has 8 heteroatoms. The number of hydrogen-bond donors (Lipinski definition) is 1. The fourth-order valence-corrected chi connectivity index (χ4v) is 2.63. The largest absolute Gasteiger partial charge is 0.461 e. The van der Waals surface area contributed by atoms with Gasteiger partial charge in [0.1, 0.15) is 6.61 Å². The molecule has 0 unspecified atom stereocenters. The van der Waals surface area contributed by atoms with Gasteiger partial charge in [0, 0.05) is 24.0 Å². The number of hydrogen-bond acceptors (Lipinski definition) is 6. The molecule has 4 rings (SSSR count). The van der Waals surface area contributed by atoms with Crippen LogP contribution in [-0.4, -0.2) is 36.7 Å². The van der Waals surface area contributed by atoms with Gasteiger partial charge >= 0.3 is 0 Å². The first-order valence-corrected chi connectivity index (χ1v) is 8.01. The molecule has 1 aromatic carbocycles. The zero-order valence-corrected chi connectivity index (χ0v) is 13.7. The maximum Gasteiger partial charge on any atom is 0.277 e. The highest BCUT2D eigenvalue weighted by Gasteiger charge is 2.20. The fourth-order valence-electron chi connectivity index (χ4n) is 2.63. The predicted molar refractivity (Wildman–Crippen MR) is 91.8 cm³/mol. The quantitative estimate of drug-likeness (QED) is 0.774. The van der Waals surface area contributed by atoms with Gasteiger partial charge in [0.15, 0.2) is 11.5 Å². The Kier molecular flexibility index (Phi) is 4.24. The number of nitrogens with one attached hydrogen (secondary N) is 1. The van der Waals surface area contributed by atoms with Crippen LogP contribution in [0.4, 0.5) is 11.4 Å². The molecule has 1 aliphatic rings. The van der Waals surface area contributed by atoms with Gasteiger partial charge in [0.05, 0.1) is 12.9 Å². The standard InChI is InChI=1S/C18H15N3O5/c22-17-11-24-9-7-21(17)13-5-3-12(4-6-13)19-18(23)14-10-16(26-20-14)15-2-1-8-25-15/h1-6,8,10H,7,9,11H2,(H,19,23). The van der Waals surface area contributed by atoms with Crippen molar-refractivity contribution in [3.8, 4) is 11.5 Å². The predicted octanol–water partition coefficient (Wildman–Crippen LogP) is 2.55. The van der Waals surface area contributed by atoms with E-state index in [1.807, 2.05) is 0 Å². The third-order valence-corrected chi connectivity index (χ3v) is 3.93. The Morgan fingerprint density at radius 2 is 2.00 bits per heavy atom. The smallest absolute Gasteiger partial charge is 0.277 e. The number of anilines is 2. The fraction of sp³-hybridized carbons (Fsp3) is 0.167. The number of aromatic nitrogens is 1. The Bertz CT molecular complexity index is 915. The molecule has 3 aromatic rings. The van der Waals surface area contributed by atoms with Gasteiger partial charge in [-0.25, -0.2) is 0 Å². The number of ether oxygens (including phenoxy) is 1. The number of benzene rings is 1. The maximum absolute atomic E-state index is 12.3. The van der Waals surface area contributed by atoms with E-state index in [0.717, 1.165) is 5.69 Å². The van der Waals surface area contributed by atoms with Crippen LogP contribution in [0, 0.1) is 0 Å². The van der Waals surface area contributed by atoms with Crippen molar-refractivity contribution in [2.75, 3.05) is 30.0 Å². The lowest BCUT2D eigenvalue weighted by Crippen LogP contribution is -2.41. The van der Waals surface area contributed by atoms with Crippen molar-refractivity contribution in [3.63, 3.8) is 0 Å². The van der Waals surface area contributed by atoms with Crippen LogP contribution < -0.4 is 10.2 Å². The summed E-state index contributed by atoms with van der Waals surface area (Å²) in [6.45, 7) is 1.11. The van der Waals surface area contributed by atoms with Crippen LogP contribution in [0.15, 0.2) is 57.7 Å². The Morgan fingerprint density at radius 1 is 1.15 bits per heavy atom. The minimum Gasteiger partial charge on any atom is -0.461 e. The number of carbonyl (C=O) groups is 2. The number of carbonyl (C=O) groups excluding carboxylic acids is 2. The third kappa shape index (κ3) is 3.22. The Morgan fingerprint density at radius 3 is 2.73 bits per heavy atom. The van der Waals surface area contributed by atoms with Crippen molar-refractivity contribution in [2.45, 2.75) is 0 Å². The summed E-state index contributed by atoms with van der Waals surface area (Å²) in [5.41, 5.74) is 1.49. The minimum atomic E-state index is -0.401. The molecule has 1 N–H and O–H groups in total. The summed E-state index contributed by atoms with van der Waals surface area (Å²) >= 11 is 0. The van der Waals surface area contributed by atoms with E-state index in [-0.39, 0.29) is 18.2 Å². The van der Waals surface area contributed by atoms with Crippen LogP contribution in [-0.2, 0) is 9.53 Å². The molecule has 0 spiro atoms. The van der Waals surface area contributed by atoms with Crippen molar-refractivity contribution >= 4 is 23.2 Å². The van der Waals surface area contributed by atoms with E-state index in [2.05, 4.69) is 10.5 Å². The van der Waals surface area contributed by atoms with Crippen molar-refractivity contribution in [3.05, 3.63) is 54.4 Å². The van der Waals surface area contributed by atoms with E-state index in [0.29, 0.717) is 30.4 Å². The average molecular weight is 353 g/mol. The van der Waals surface area contributed by atoms with E-state index in [9.17, 15) is 9.59 Å². The lowest BCUT2D eigenvalue weighted by Gasteiger charge is -2.26. The van der Waals surface area contributed by atoms with Crippen LogP contribution in [0.25, 0.3) is 11.5 Å². The zero-order valence-electron chi connectivity index (χ0n) is 13.7. The van der Waals surface area contributed by atoms with E-state index >= 15 is 0 Å². The number of furan rings is 1. The number of morpholine rings is 1. The van der Waals surface area contributed by atoms with Crippen LogP contribution in [0.2, 0.25) is 0 Å². The highest BCUT2D eigenvalue weighted by molar-refractivity contribution is 6.03. The monoisotopic (exact) mass is 353 g/mol. The van der Waals surface area contributed by atoms with Gasteiger partial charge in [-0.2, -0.15) is 0 Å². The first kappa shape index (κ1) is 16.1. The highest BCUT2D eigenvalue weighted by Crippen LogP contribution is 2.22. The summed E-state index contributed by atoms with van der Waals surface area (Å²) in [5, 5.41) is 6.49. The van der Waals surface area contributed by atoms with Gasteiger partial charge < -0.3 is 23.9 Å². The van der Waals surface area contributed by atoms with E-state index in [1.165, 1.54) is 12.3 Å². The molecule has 1 saturated heterocycles. The molecule has 0 atom stereocenters. The lowest BCUT2D eigenvalue weighted by molar-refractivity contribution is -0.125. The van der Waals surface area contributed by atoms with Crippen molar-refractivity contribution in [1.82, 2.24) is 5.16 Å². The van der Waals surface area contributed by atoms with Crippen LogP contribution in [0.5, 0.6) is 0 Å². The summed E-state index contributed by atoms with van der Waals surface area (Å²) in [7, 11) is 0. The topological polar surface area (TPSA) is 97.8 Å². The van der Waals surface area contributed by atoms with Crippen LogP contribution >= 0.6 is 0 Å². The van der Waals surface area contributed by atoms with E-state index < -0.39 is 5.91 Å². The second-order valence-electron chi connectivity index (χ2n) is 5.65. The number of nitrogens with zero attached hydrogens (tertiary/aromatic N) is 2. The number of rotatable bonds is 4. The third-order valence-electron chi connectivity index (χ3n) is 3.93. The van der Waals surface area contributed by atoms with Crippen molar-refractivity contribution < 1.29 is 23.3 Å². The Labute approximate surface area is 148 Å².